The van der Waals surface area contributed by atoms with Gasteiger partial charge in [0.25, 0.3) is 0 Å². The zero-order valence-corrected chi connectivity index (χ0v) is 28.4. The van der Waals surface area contributed by atoms with E-state index in [1.54, 1.807) is 0 Å². The van der Waals surface area contributed by atoms with Gasteiger partial charge in [0.15, 0.2) is 24.4 Å². The van der Waals surface area contributed by atoms with Gasteiger partial charge in [0.1, 0.15) is 37.5 Å². The highest BCUT2D eigenvalue weighted by Crippen LogP contribution is 2.30. The van der Waals surface area contributed by atoms with Gasteiger partial charge in [0.05, 0.1) is 0 Å². The lowest BCUT2D eigenvalue weighted by molar-refractivity contribution is -0.272. The van der Waals surface area contributed by atoms with E-state index in [-0.39, 0.29) is 0 Å². The molecule has 0 radical (unpaired) electrons. The number of hydrogen-bond acceptors (Lipinski definition) is 19. The van der Waals surface area contributed by atoms with Crippen LogP contribution in [0.4, 0.5) is 4.79 Å². The first-order chi connectivity index (χ1) is 23.3. The highest BCUT2D eigenvalue weighted by molar-refractivity contribution is 5.76. The Morgan fingerprint density at radius 2 is 0.700 bits per heavy atom. The second kappa shape index (κ2) is 18.6. The van der Waals surface area contributed by atoms with Crippen LogP contribution < -0.4 is 10.6 Å². The SMILES string of the molecule is CC(=O)OC[C@H]1O[C@H](OC(C)=O)[C@H](NC(=O)N[C@H]2[C@@H](OC(C)=O)O[C@H](COC(C)=O)[C@H](OC(C)=O)[C@@H]2OC(C)=O)[C@@H](OC(C)=O)[C@H]1OC(C)=O. The molecule has 10 atom stereocenters. The number of carbonyl (C=O) groups excluding carboxylic acids is 9. The smallest absolute Gasteiger partial charge is 0.315 e. The lowest BCUT2D eigenvalue weighted by Crippen LogP contribution is -2.70. The van der Waals surface area contributed by atoms with Gasteiger partial charge in [0.2, 0.25) is 12.6 Å². The Balaban J connectivity index is 2.58. The Hall–Kier alpha value is -5.05. The zero-order valence-electron chi connectivity index (χ0n) is 28.4. The molecule has 0 aromatic heterocycles. The summed E-state index contributed by atoms with van der Waals surface area (Å²) in [6, 6.07) is -4.55. The number of esters is 8. The van der Waals surface area contributed by atoms with Crippen molar-refractivity contribution in [3.05, 3.63) is 0 Å². The zero-order chi connectivity index (χ0) is 37.9. The minimum atomic E-state index is -1.77. The summed E-state index contributed by atoms with van der Waals surface area (Å²) in [6.07, 6.45) is -12.7. The topological polar surface area (TPSA) is 270 Å². The average molecular weight is 721 g/mol. The third-order valence-corrected chi connectivity index (χ3v) is 6.56. The minimum absolute atomic E-state index is 0.568. The number of urea groups is 1. The molecule has 0 aromatic carbocycles. The summed E-state index contributed by atoms with van der Waals surface area (Å²) in [5.41, 5.74) is 0. The molecule has 280 valence electrons. The summed E-state index contributed by atoms with van der Waals surface area (Å²) in [7, 11) is 0. The standard InChI is InChI=1S/C29H40N2O19/c1-11(32)41-9-19-23(43-13(3)34)25(45-15(5)36)21(27(49-19)47-17(7)38)30-29(40)31-22-26(46-16(6)37)24(44-14(4)35)20(10-42-12(2)33)50-28(22)48-18(8)39/h19-28H,9-10H2,1-8H3,(H2,30,31,40)/t19-,20-,21-,22-,23+,24+,25-,26-,27+,28+/m1/s1. The van der Waals surface area contributed by atoms with Crippen LogP contribution in [-0.4, -0.2) is 128 Å². The van der Waals surface area contributed by atoms with Gasteiger partial charge in [-0.1, -0.05) is 0 Å². The van der Waals surface area contributed by atoms with Crippen LogP contribution in [0.1, 0.15) is 55.4 Å². The van der Waals surface area contributed by atoms with E-state index in [1.807, 2.05) is 0 Å². The van der Waals surface area contributed by atoms with Crippen molar-refractivity contribution >= 4 is 53.8 Å². The Morgan fingerprint density at radius 3 is 0.960 bits per heavy atom. The highest BCUT2D eigenvalue weighted by Gasteiger charge is 2.55. The predicted molar refractivity (Wildman–Crippen MR) is 156 cm³/mol. The second-order valence-corrected chi connectivity index (χ2v) is 10.9. The summed E-state index contributed by atoms with van der Waals surface area (Å²) in [5.74, 6) is -7.07. The molecular weight excluding hydrogens is 680 g/mol. The van der Waals surface area contributed by atoms with E-state index in [0.717, 1.165) is 55.4 Å². The van der Waals surface area contributed by atoms with Crippen molar-refractivity contribution in [3.8, 4) is 0 Å². The molecule has 2 saturated heterocycles. The molecule has 21 heteroatoms. The Morgan fingerprint density at radius 1 is 0.420 bits per heavy atom. The summed E-state index contributed by atoms with van der Waals surface area (Å²) < 4.78 is 53.4. The van der Waals surface area contributed by atoms with Gasteiger partial charge in [0, 0.05) is 55.4 Å². The van der Waals surface area contributed by atoms with Crippen LogP contribution in [0.5, 0.6) is 0 Å². The Kier molecular flexibility index (Phi) is 15.3. The number of hydrogen-bond donors (Lipinski definition) is 2. The van der Waals surface area contributed by atoms with E-state index >= 15 is 0 Å². The number of rotatable bonds is 12. The fourth-order valence-electron chi connectivity index (χ4n) is 4.98. The molecule has 0 bridgehead atoms. The van der Waals surface area contributed by atoms with Gasteiger partial charge in [-0.15, -0.1) is 0 Å². The summed E-state index contributed by atoms with van der Waals surface area (Å²) in [5, 5.41) is 4.76. The molecule has 0 aromatic rings. The molecule has 0 unspecified atom stereocenters. The molecule has 2 rings (SSSR count). The first kappa shape index (κ1) is 41.1. The van der Waals surface area contributed by atoms with Crippen LogP contribution in [0.15, 0.2) is 0 Å². The molecule has 0 aliphatic carbocycles. The van der Waals surface area contributed by atoms with Gasteiger partial charge in [-0.25, -0.2) is 4.79 Å². The lowest BCUT2D eigenvalue weighted by Gasteiger charge is -2.46. The largest absolute Gasteiger partial charge is 0.463 e. The van der Waals surface area contributed by atoms with Crippen LogP contribution in [-0.2, 0) is 85.7 Å². The quantitative estimate of drug-likeness (QED) is 0.171. The Labute approximate surface area is 285 Å². The van der Waals surface area contributed by atoms with Crippen LogP contribution in [0.25, 0.3) is 0 Å². The number of carbonyl (C=O) groups is 9. The average Bonchev–Trinajstić information content (AvgIpc) is 2.95. The van der Waals surface area contributed by atoms with Crippen molar-refractivity contribution < 1.29 is 90.5 Å². The van der Waals surface area contributed by atoms with Crippen LogP contribution in [0.2, 0.25) is 0 Å². The van der Waals surface area contributed by atoms with E-state index in [0.29, 0.717) is 0 Å². The van der Waals surface area contributed by atoms with E-state index in [2.05, 4.69) is 10.6 Å². The molecule has 2 heterocycles. The van der Waals surface area contributed by atoms with Crippen molar-refractivity contribution in [2.24, 2.45) is 0 Å². The monoisotopic (exact) mass is 720 g/mol. The number of ether oxygens (including phenoxy) is 10. The molecule has 2 N–H and O–H groups in total. The van der Waals surface area contributed by atoms with Gasteiger partial charge >= 0.3 is 53.8 Å². The molecule has 2 fully saturated rings. The first-order valence-corrected chi connectivity index (χ1v) is 15.0. The molecule has 50 heavy (non-hydrogen) atoms. The predicted octanol–water partition coefficient (Wildman–Crippen LogP) is -1.55. The maximum absolute atomic E-state index is 13.7. The molecule has 2 aliphatic rings. The van der Waals surface area contributed by atoms with Crippen molar-refractivity contribution in [2.75, 3.05) is 13.2 Å². The number of amides is 2. The van der Waals surface area contributed by atoms with Gasteiger partial charge < -0.3 is 58.0 Å². The van der Waals surface area contributed by atoms with Gasteiger partial charge in [-0.05, 0) is 0 Å². The Bertz CT molecular complexity index is 1220. The third kappa shape index (κ3) is 12.8. The van der Waals surface area contributed by atoms with Crippen molar-refractivity contribution in [2.45, 2.75) is 117 Å². The maximum atomic E-state index is 13.7. The van der Waals surface area contributed by atoms with Gasteiger partial charge in [-0.2, -0.15) is 0 Å². The van der Waals surface area contributed by atoms with Crippen LogP contribution >= 0.6 is 0 Å². The maximum Gasteiger partial charge on any atom is 0.315 e. The van der Waals surface area contributed by atoms with Crippen molar-refractivity contribution in [3.63, 3.8) is 0 Å². The van der Waals surface area contributed by atoms with E-state index in [9.17, 15) is 43.2 Å². The van der Waals surface area contributed by atoms with Crippen LogP contribution in [0.3, 0.4) is 0 Å². The fourth-order valence-corrected chi connectivity index (χ4v) is 4.98. The molecule has 0 spiro atoms. The molecule has 2 aliphatic heterocycles. The highest BCUT2D eigenvalue weighted by atomic mass is 16.7. The summed E-state index contributed by atoms with van der Waals surface area (Å²) in [4.78, 5) is 110. The molecule has 0 saturated carbocycles. The minimum Gasteiger partial charge on any atom is -0.463 e. The van der Waals surface area contributed by atoms with Crippen molar-refractivity contribution in [1.82, 2.24) is 10.6 Å². The fraction of sp³-hybridized carbons (Fsp3) is 0.690. The second-order valence-electron chi connectivity index (χ2n) is 10.9. The van der Waals surface area contributed by atoms with E-state index in [1.165, 1.54) is 0 Å². The first-order valence-electron chi connectivity index (χ1n) is 15.0. The van der Waals surface area contributed by atoms with Crippen molar-refractivity contribution in [1.29, 1.82) is 0 Å². The van der Waals surface area contributed by atoms with E-state index < -0.39 is 128 Å². The number of nitrogens with one attached hydrogen (secondary N) is 2. The normalized spacial score (nSPS) is 28.7. The lowest BCUT2D eigenvalue weighted by atomic mass is 9.95. The van der Waals surface area contributed by atoms with Gasteiger partial charge in [-0.3, -0.25) is 38.4 Å². The van der Waals surface area contributed by atoms with E-state index in [4.69, 9.17) is 47.4 Å². The summed E-state index contributed by atoms with van der Waals surface area (Å²) in [6.45, 7) is 7.03. The third-order valence-electron chi connectivity index (χ3n) is 6.56. The van der Waals surface area contributed by atoms with Crippen LogP contribution in [0, 0.1) is 0 Å². The summed E-state index contributed by atoms with van der Waals surface area (Å²) >= 11 is 0. The molecule has 21 nitrogen and oxygen atoms in total. The molecule has 2 amide bonds. The molecular formula is C29H40N2O19.